The molecule has 0 unspecified atom stereocenters. The smallest absolute Gasteiger partial charge is 0.374 e. The van der Waals surface area contributed by atoms with Gasteiger partial charge in [0.25, 0.3) is 0 Å². The molecule has 2 rings (SSSR count). The maximum Gasteiger partial charge on any atom is 0.374 e. The van der Waals surface area contributed by atoms with Crippen molar-refractivity contribution in [3.63, 3.8) is 0 Å². The Balaban J connectivity index is 2.54. The molecule has 0 atom stereocenters. The number of halogens is 2. The first-order valence-corrected chi connectivity index (χ1v) is 4.62. The van der Waals surface area contributed by atoms with Gasteiger partial charge in [-0.15, -0.1) is 0 Å². The van der Waals surface area contributed by atoms with Crippen LogP contribution in [0.25, 0.3) is 11.3 Å². The maximum atomic E-state index is 13.4. The summed E-state index contributed by atoms with van der Waals surface area (Å²) in [6, 6.07) is 5.25. The summed E-state index contributed by atoms with van der Waals surface area (Å²) in [6.07, 6.45) is 0. The molecular weight excluding hydrogens is 237 g/mol. The van der Waals surface area contributed by atoms with Crippen molar-refractivity contribution in [3.8, 4) is 11.3 Å². The van der Waals surface area contributed by atoms with E-state index in [2.05, 4.69) is 9.68 Å². The normalized spacial score (nSPS) is 10.4. The minimum atomic E-state index is -1.27. The number of hydrogen-bond acceptors (Lipinski definition) is 3. The van der Waals surface area contributed by atoms with Gasteiger partial charge in [-0.1, -0.05) is 22.8 Å². The molecule has 1 heterocycles. The predicted molar refractivity (Wildman–Crippen MR) is 53.9 cm³/mol. The van der Waals surface area contributed by atoms with E-state index >= 15 is 0 Å². The van der Waals surface area contributed by atoms with Crippen molar-refractivity contribution in [1.82, 2.24) is 5.16 Å². The van der Waals surface area contributed by atoms with E-state index in [0.717, 1.165) is 6.07 Å². The first-order chi connectivity index (χ1) is 7.59. The van der Waals surface area contributed by atoms with Gasteiger partial charge >= 0.3 is 5.97 Å². The van der Waals surface area contributed by atoms with Crippen LogP contribution in [-0.2, 0) is 0 Å². The molecule has 4 nitrogen and oxygen atoms in total. The second kappa shape index (κ2) is 3.94. The monoisotopic (exact) mass is 241 g/mol. The highest BCUT2D eigenvalue weighted by Crippen LogP contribution is 2.29. The first kappa shape index (κ1) is 10.6. The summed E-state index contributed by atoms with van der Waals surface area (Å²) in [5.41, 5.74) is 0.0842. The summed E-state index contributed by atoms with van der Waals surface area (Å²) in [6.45, 7) is 0. The van der Waals surface area contributed by atoms with Gasteiger partial charge in [0.05, 0.1) is 10.6 Å². The van der Waals surface area contributed by atoms with Gasteiger partial charge in [-0.2, -0.15) is 0 Å². The average Bonchev–Trinajstić information content (AvgIpc) is 2.66. The quantitative estimate of drug-likeness (QED) is 0.878. The third-order valence-corrected chi connectivity index (χ3v) is 2.25. The first-order valence-electron chi connectivity index (χ1n) is 4.24. The lowest BCUT2D eigenvalue weighted by molar-refractivity contribution is 0.0652. The number of hydrogen-bond donors (Lipinski definition) is 1. The number of carbonyl (C=O) groups is 1. The number of aromatic nitrogens is 1. The van der Waals surface area contributed by atoms with Crippen LogP contribution in [0.4, 0.5) is 4.39 Å². The standard InChI is InChI=1S/C10H5ClFNO3/c11-5-2-1-3-6(12)9(5)7-4-8(10(14)15)16-13-7/h1-4H,(H,14,15). The molecule has 0 saturated heterocycles. The Hall–Kier alpha value is -1.88. The van der Waals surface area contributed by atoms with Crippen LogP contribution in [0.1, 0.15) is 10.6 Å². The number of aromatic carboxylic acids is 1. The fourth-order valence-electron chi connectivity index (χ4n) is 1.24. The van der Waals surface area contributed by atoms with Crippen molar-refractivity contribution in [3.05, 3.63) is 40.9 Å². The Bertz CT molecular complexity index is 532. The fourth-order valence-corrected chi connectivity index (χ4v) is 1.50. The topological polar surface area (TPSA) is 63.3 Å². The van der Waals surface area contributed by atoms with Crippen molar-refractivity contribution in [2.75, 3.05) is 0 Å². The molecule has 0 fully saturated rings. The molecule has 0 saturated carbocycles. The summed E-state index contributed by atoms with van der Waals surface area (Å²) in [4.78, 5) is 10.6. The third kappa shape index (κ3) is 1.77. The summed E-state index contributed by atoms with van der Waals surface area (Å²) in [5, 5.41) is 12.2. The molecule has 16 heavy (non-hydrogen) atoms. The summed E-state index contributed by atoms with van der Waals surface area (Å²) < 4.78 is 17.9. The maximum absolute atomic E-state index is 13.4. The molecule has 0 spiro atoms. The van der Waals surface area contributed by atoms with E-state index in [1.807, 2.05) is 0 Å². The average molecular weight is 242 g/mol. The lowest BCUT2D eigenvalue weighted by Crippen LogP contribution is -1.91. The number of carboxylic acid groups (broad SMARTS) is 1. The van der Waals surface area contributed by atoms with Gasteiger partial charge in [0.15, 0.2) is 0 Å². The molecule has 1 N–H and O–H groups in total. The Kier molecular flexibility index (Phi) is 2.62. The summed E-state index contributed by atoms with van der Waals surface area (Å²) in [7, 11) is 0. The lowest BCUT2D eigenvalue weighted by atomic mass is 10.1. The van der Waals surface area contributed by atoms with Gasteiger partial charge < -0.3 is 9.63 Å². The van der Waals surface area contributed by atoms with E-state index in [-0.39, 0.29) is 22.0 Å². The Morgan fingerprint density at radius 3 is 2.81 bits per heavy atom. The highest BCUT2D eigenvalue weighted by Gasteiger charge is 2.17. The van der Waals surface area contributed by atoms with E-state index in [4.69, 9.17) is 16.7 Å². The molecule has 82 valence electrons. The second-order valence-corrected chi connectivity index (χ2v) is 3.39. The summed E-state index contributed by atoms with van der Waals surface area (Å²) >= 11 is 5.78. The van der Waals surface area contributed by atoms with Crippen LogP contribution in [-0.4, -0.2) is 16.2 Å². The van der Waals surface area contributed by atoms with Crippen LogP contribution in [0.2, 0.25) is 5.02 Å². The zero-order valence-electron chi connectivity index (χ0n) is 7.78. The Labute approximate surface area is 94.2 Å². The van der Waals surface area contributed by atoms with Crippen LogP contribution < -0.4 is 0 Å². The van der Waals surface area contributed by atoms with Crippen LogP contribution in [0.3, 0.4) is 0 Å². The van der Waals surface area contributed by atoms with Crippen molar-refractivity contribution in [1.29, 1.82) is 0 Å². The molecular formula is C10H5ClFNO3. The minimum absolute atomic E-state index is 0.0282. The van der Waals surface area contributed by atoms with Crippen LogP contribution in [0.5, 0.6) is 0 Å². The van der Waals surface area contributed by atoms with Gasteiger partial charge in [-0.3, -0.25) is 0 Å². The molecule has 1 aromatic carbocycles. The third-order valence-electron chi connectivity index (χ3n) is 1.94. The highest BCUT2D eigenvalue weighted by atomic mass is 35.5. The van der Waals surface area contributed by atoms with Gasteiger partial charge in [0.2, 0.25) is 5.76 Å². The molecule has 1 aromatic heterocycles. The van der Waals surface area contributed by atoms with Gasteiger partial charge in [0.1, 0.15) is 11.5 Å². The van der Waals surface area contributed by atoms with Crippen molar-refractivity contribution < 1.29 is 18.8 Å². The highest BCUT2D eigenvalue weighted by molar-refractivity contribution is 6.33. The Morgan fingerprint density at radius 1 is 1.50 bits per heavy atom. The Morgan fingerprint density at radius 2 is 2.25 bits per heavy atom. The van der Waals surface area contributed by atoms with Crippen LogP contribution in [0, 0.1) is 5.82 Å². The molecule has 0 amide bonds. The van der Waals surface area contributed by atoms with E-state index in [1.54, 1.807) is 0 Å². The van der Waals surface area contributed by atoms with Crippen LogP contribution in [0.15, 0.2) is 28.8 Å². The molecule has 0 aliphatic heterocycles. The zero-order chi connectivity index (χ0) is 11.7. The largest absolute Gasteiger partial charge is 0.475 e. The number of nitrogens with zero attached hydrogens (tertiary/aromatic N) is 1. The molecule has 0 bridgehead atoms. The van der Waals surface area contributed by atoms with E-state index in [0.29, 0.717) is 0 Å². The fraction of sp³-hybridized carbons (Fsp3) is 0. The molecule has 0 radical (unpaired) electrons. The minimum Gasteiger partial charge on any atom is -0.475 e. The van der Waals surface area contributed by atoms with E-state index in [1.165, 1.54) is 18.2 Å². The second-order valence-electron chi connectivity index (χ2n) is 2.98. The zero-order valence-corrected chi connectivity index (χ0v) is 8.53. The molecule has 0 aliphatic carbocycles. The molecule has 6 heteroatoms. The van der Waals surface area contributed by atoms with Crippen molar-refractivity contribution in [2.24, 2.45) is 0 Å². The van der Waals surface area contributed by atoms with Crippen molar-refractivity contribution in [2.45, 2.75) is 0 Å². The van der Waals surface area contributed by atoms with Gasteiger partial charge in [0, 0.05) is 6.07 Å². The summed E-state index contributed by atoms with van der Waals surface area (Å²) in [5.74, 6) is -2.22. The molecule has 2 aromatic rings. The lowest BCUT2D eigenvalue weighted by Gasteiger charge is -1.99. The van der Waals surface area contributed by atoms with E-state index < -0.39 is 11.8 Å². The van der Waals surface area contributed by atoms with Gasteiger partial charge in [-0.25, -0.2) is 9.18 Å². The SMILES string of the molecule is O=C(O)c1cc(-c2c(F)cccc2Cl)no1. The van der Waals surface area contributed by atoms with Gasteiger partial charge in [-0.05, 0) is 12.1 Å². The van der Waals surface area contributed by atoms with Crippen LogP contribution >= 0.6 is 11.6 Å². The molecule has 0 aliphatic rings. The van der Waals surface area contributed by atoms with E-state index in [9.17, 15) is 9.18 Å². The van der Waals surface area contributed by atoms with Crippen molar-refractivity contribution >= 4 is 17.6 Å². The predicted octanol–water partition coefficient (Wildman–Crippen LogP) is 2.83. The number of benzene rings is 1. The number of carboxylic acids is 1. The number of rotatable bonds is 2.